The van der Waals surface area contributed by atoms with E-state index in [1.807, 2.05) is 6.07 Å². The number of hydrogen-bond acceptors (Lipinski definition) is 3. The normalized spacial score (nSPS) is 13.5. The number of likely N-dealkylation sites (N-methyl/N-ethyl adjacent to an activating group) is 1. The summed E-state index contributed by atoms with van der Waals surface area (Å²) in [5.74, 6) is 2.12. The van der Waals surface area contributed by atoms with Gasteiger partial charge in [0.2, 0.25) is 5.91 Å². The first-order valence-corrected chi connectivity index (χ1v) is 4.37. The Labute approximate surface area is 84.7 Å². The summed E-state index contributed by atoms with van der Waals surface area (Å²) in [5, 5.41) is 8.46. The summed E-state index contributed by atoms with van der Waals surface area (Å²) in [4.78, 5) is 13.0. The second-order valence-electron chi connectivity index (χ2n) is 3.18. The number of hydrogen-bond donors (Lipinski definition) is 1. The van der Waals surface area contributed by atoms with E-state index in [0.29, 0.717) is 6.42 Å². The molecule has 0 heterocycles. The van der Waals surface area contributed by atoms with Crippen molar-refractivity contribution < 1.29 is 4.79 Å². The minimum atomic E-state index is -0.661. The summed E-state index contributed by atoms with van der Waals surface area (Å²) in [6, 6.07) is 1.21. The molecule has 1 amide bonds. The van der Waals surface area contributed by atoms with Crippen molar-refractivity contribution in [2.24, 2.45) is 5.73 Å². The SMILES string of the molecule is C#CCC(N)C(=O)N(C)C(C)CC#N. The van der Waals surface area contributed by atoms with E-state index in [1.165, 1.54) is 4.90 Å². The van der Waals surface area contributed by atoms with Crippen LogP contribution in [0.2, 0.25) is 0 Å². The Balaban J connectivity index is 4.26. The van der Waals surface area contributed by atoms with E-state index < -0.39 is 6.04 Å². The van der Waals surface area contributed by atoms with Crippen LogP contribution in [0, 0.1) is 23.7 Å². The Morgan fingerprint density at radius 2 is 2.21 bits per heavy atom. The highest BCUT2D eigenvalue weighted by Gasteiger charge is 2.20. The predicted molar refractivity (Wildman–Crippen MR) is 53.9 cm³/mol. The van der Waals surface area contributed by atoms with E-state index in [-0.39, 0.29) is 18.4 Å². The molecular weight excluding hydrogens is 178 g/mol. The number of carbonyl (C=O) groups is 1. The topological polar surface area (TPSA) is 70.1 Å². The van der Waals surface area contributed by atoms with Crippen molar-refractivity contribution in [3.8, 4) is 18.4 Å². The van der Waals surface area contributed by atoms with Gasteiger partial charge in [0.25, 0.3) is 0 Å². The molecular formula is C10H15N3O. The van der Waals surface area contributed by atoms with Gasteiger partial charge in [-0.25, -0.2) is 0 Å². The number of terminal acetylenes is 1. The lowest BCUT2D eigenvalue weighted by Gasteiger charge is -2.25. The molecule has 0 spiro atoms. The van der Waals surface area contributed by atoms with Crippen molar-refractivity contribution in [3.63, 3.8) is 0 Å². The number of nitrogens with zero attached hydrogens (tertiary/aromatic N) is 2. The molecule has 2 N–H and O–H groups in total. The molecule has 14 heavy (non-hydrogen) atoms. The summed E-state index contributed by atoms with van der Waals surface area (Å²) in [6.45, 7) is 1.80. The molecule has 4 heteroatoms. The Kier molecular flexibility index (Phi) is 5.36. The van der Waals surface area contributed by atoms with Gasteiger partial charge >= 0.3 is 0 Å². The molecule has 0 rings (SSSR count). The summed E-state index contributed by atoms with van der Waals surface area (Å²) in [5.41, 5.74) is 5.55. The Hall–Kier alpha value is -1.52. The summed E-state index contributed by atoms with van der Waals surface area (Å²) in [6.07, 6.45) is 5.57. The highest BCUT2D eigenvalue weighted by molar-refractivity contribution is 5.82. The van der Waals surface area contributed by atoms with E-state index in [1.54, 1.807) is 14.0 Å². The zero-order chi connectivity index (χ0) is 11.1. The van der Waals surface area contributed by atoms with Gasteiger partial charge in [-0.05, 0) is 6.92 Å². The first kappa shape index (κ1) is 12.5. The lowest BCUT2D eigenvalue weighted by atomic mass is 10.1. The molecule has 4 nitrogen and oxygen atoms in total. The third-order valence-electron chi connectivity index (χ3n) is 2.05. The maximum atomic E-state index is 11.5. The van der Waals surface area contributed by atoms with Gasteiger partial charge in [0, 0.05) is 19.5 Å². The molecule has 0 aromatic heterocycles. The quantitative estimate of drug-likeness (QED) is 0.644. The summed E-state index contributed by atoms with van der Waals surface area (Å²) >= 11 is 0. The molecule has 0 saturated carbocycles. The van der Waals surface area contributed by atoms with Crippen LogP contribution < -0.4 is 5.73 Å². The fourth-order valence-electron chi connectivity index (χ4n) is 0.962. The van der Waals surface area contributed by atoms with Crippen LogP contribution in [0.4, 0.5) is 0 Å². The highest BCUT2D eigenvalue weighted by Crippen LogP contribution is 2.03. The number of carbonyl (C=O) groups excluding carboxylic acids is 1. The van der Waals surface area contributed by atoms with Gasteiger partial charge in [-0.1, -0.05) is 0 Å². The highest BCUT2D eigenvalue weighted by atomic mass is 16.2. The number of rotatable bonds is 4. The molecule has 2 atom stereocenters. The maximum Gasteiger partial charge on any atom is 0.240 e. The lowest BCUT2D eigenvalue weighted by Crippen LogP contribution is -2.45. The zero-order valence-electron chi connectivity index (χ0n) is 8.53. The van der Waals surface area contributed by atoms with Crippen LogP contribution in [-0.4, -0.2) is 29.9 Å². The second-order valence-corrected chi connectivity index (χ2v) is 3.18. The largest absolute Gasteiger partial charge is 0.341 e. The molecule has 0 aromatic carbocycles. The third-order valence-corrected chi connectivity index (χ3v) is 2.05. The van der Waals surface area contributed by atoms with Crippen LogP contribution in [-0.2, 0) is 4.79 Å². The van der Waals surface area contributed by atoms with Crippen LogP contribution in [0.1, 0.15) is 19.8 Å². The molecule has 0 fully saturated rings. The first-order valence-electron chi connectivity index (χ1n) is 4.37. The Morgan fingerprint density at radius 3 is 2.64 bits per heavy atom. The summed E-state index contributed by atoms with van der Waals surface area (Å²) < 4.78 is 0. The van der Waals surface area contributed by atoms with Crippen molar-refractivity contribution in [1.82, 2.24) is 4.90 Å². The van der Waals surface area contributed by atoms with Crippen molar-refractivity contribution >= 4 is 5.91 Å². The predicted octanol–water partition coefficient (Wildman–Crippen LogP) is 0.0976. The van der Waals surface area contributed by atoms with E-state index in [0.717, 1.165) is 0 Å². The molecule has 76 valence electrons. The molecule has 2 unspecified atom stereocenters. The minimum absolute atomic E-state index is 0.128. The van der Waals surface area contributed by atoms with Gasteiger partial charge in [0.1, 0.15) is 0 Å². The zero-order valence-corrected chi connectivity index (χ0v) is 8.53. The summed E-state index contributed by atoms with van der Waals surface area (Å²) in [7, 11) is 1.63. The van der Waals surface area contributed by atoms with E-state index in [2.05, 4.69) is 5.92 Å². The number of nitriles is 1. The molecule has 0 aliphatic rings. The van der Waals surface area contributed by atoms with Crippen molar-refractivity contribution in [2.45, 2.75) is 31.8 Å². The molecule has 0 bridgehead atoms. The molecule has 0 aromatic rings. The van der Waals surface area contributed by atoms with E-state index >= 15 is 0 Å². The average Bonchev–Trinajstić information content (AvgIpc) is 2.16. The van der Waals surface area contributed by atoms with Gasteiger partial charge in [-0.3, -0.25) is 4.79 Å². The number of amides is 1. The molecule has 0 radical (unpaired) electrons. The monoisotopic (exact) mass is 193 g/mol. The van der Waals surface area contributed by atoms with Crippen LogP contribution in [0.25, 0.3) is 0 Å². The van der Waals surface area contributed by atoms with Crippen LogP contribution in [0.3, 0.4) is 0 Å². The van der Waals surface area contributed by atoms with Gasteiger partial charge in [0.05, 0.1) is 18.5 Å². The van der Waals surface area contributed by atoms with Crippen molar-refractivity contribution in [1.29, 1.82) is 5.26 Å². The number of nitrogens with two attached hydrogens (primary N) is 1. The molecule has 0 aliphatic heterocycles. The molecule has 0 aliphatic carbocycles. The van der Waals surface area contributed by atoms with Gasteiger partial charge < -0.3 is 10.6 Å². The van der Waals surface area contributed by atoms with Gasteiger partial charge in [0.15, 0.2) is 0 Å². The van der Waals surface area contributed by atoms with Crippen LogP contribution >= 0.6 is 0 Å². The lowest BCUT2D eigenvalue weighted by molar-refractivity contribution is -0.132. The second kappa shape index (κ2) is 6.01. The van der Waals surface area contributed by atoms with Gasteiger partial charge in [-0.15, -0.1) is 12.3 Å². The Morgan fingerprint density at radius 1 is 1.64 bits per heavy atom. The van der Waals surface area contributed by atoms with Crippen LogP contribution in [0.15, 0.2) is 0 Å². The van der Waals surface area contributed by atoms with E-state index in [4.69, 9.17) is 17.4 Å². The maximum absolute atomic E-state index is 11.5. The van der Waals surface area contributed by atoms with E-state index in [9.17, 15) is 4.79 Å². The fraction of sp³-hybridized carbons (Fsp3) is 0.600. The average molecular weight is 193 g/mol. The smallest absolute Gasteiger partial charge is 0.240 e. The third kappa shape index (κ3) is 3.47. The fourth-order valence-corrected chi connectivity index (χ4v) is 0.962. The van der Waals surface area contributed by atoms with Crippen LogP contribution in [0.5, 0.6) is 0 Å². The Bertz CT molecular complexity index is 274. The van der Waals surface area contributed by atoms with Gasteiger partial charge in [-0.2, -0.15) is 5.26 Å². The molecule has 0 saturated heterocycles. The minimum Gasteiger partial charge on any atom is -0.341 e. The standard InChI is InChI=1S/C10H15N3O/c1-4-5-9(12)10(14)13(3)8(2)6-7-11/h1,8-9H,5-6,12H2,2-3H3. The van der Waals surface area contributed by atoms with Crippen molar-refractivity contribution in [3.05, 3.63) is 0 Å². The van der Waals surface area contributed by atoms with Crippen molar-refractivity contribution in [2.75, 3.05) is 7.05 Å². The first-order chi connectivity index (χ1) is 6.54.